The molecule has 1 aliphatic heterocycles. The maximum atomic E-state index is 12.7. The van der Waals surface area contributed by atoms with Crippen LogP contribution in [-0.4, -0.2) is 50.8 Å². The third kappa shape index (κ3) is 5.02. The van der Waals surface area contributed by atoms with E-state index in [1.165, 1.54) is 4.31 Å². The lowest BCUT2D eigenvalue weighted by molar-refractivity contribution is -0.144. The molecule has 2 rings (SSSR count). The summed E-state index contributed by atoms with van der Waals surface area (Å²) in [6, 6.07) is 6.66. The van der Waals surface area contributed by atoms with Crippen molar-refractivity contribution < 1.29 is 22.7 Å². The Kier molecular flexibility index (Phi) is 6.55. The van der Waals surface area contributed by atoms with Crippen molar-refractivity contribution in [3.05, 3.63) is 29.8 Å². The predicted octanol–water partition coefficient (Wildman–Crippen LogP) is 1.08. The standard InChI is InChI=1S/C17H24N2O5S/c1-3-24-16(20)11-18-17(21)14-5-4-10-19(12-14)25(22,23)15-8-6-13(2)7-9-15/h6-9,14H,3-5,10-12H2,1-2H3,(H,18,21). The van der Waals surface area contributed by atoms with Gasteiger partial charge in [-0.15, -0.1) is 0 Å². The molecule has 0 bridgehead atoms. The molecule has 1 heterocycles. The van der Waals surface area contributed by atoms with Gasteiger partial charge in [0.2, 0.25) is 15.9 Å². The molecule has 1 aliphatic rings. The lowest BCUT2D eigenvalue weighted by Crippen LogP contribution is -2.46. The van der Waals surface area contributed by atoms with Gasteiger partial charge in [-0.1, -0.05) is 17.7 Å². The Labute approximate surface area is 148 Å². The van der Waals surface area contributed by atoms with Gasteiger partial charge in [-0.05, 0) is 38.8 Å². The molecular weight excluding hydrogens is 344 g/mol. The molecule has 0 radical (unpaired) electrons. The zero-order valence-corrected chi connectivity index (χ0v) is 15.3. The first-order chi connectivity index (χ1) is 11.8. The average molecular weight is 368 g/mol. The lowest BCUT2D eigenvalue weighted by atomic mass is 9.99. The molecule has 25 heavy (non-hydrogen) atoms. The van der Waals surface area contributed by atoms with Gasteiger partial charge in [0.1, 0.15) is 6.54 Å². The third-order valence-corrected chi connectivity index (χ3v) is 6.01. The molecule has 8 heteroatoms. The number of aryl methyl sites for hydroxylation is 1. The van der Waals surface area contributed by atoms with Crippen molar-refractivity contribution in [2.45, 2.75) is 31.6 Å². The fourth-order valence-corrected chi connectivity index (χ4v) is 4.27. The topological polar surface area (TPSA) is 92.8 Å². The molecule has 0 saturated carbocycles. The van der Waals surface area contributed by atoms with Crippen molar-refractivity contribution in [2.24, 2.45) is 5.92 Å². The number of piperidine rings is 1. The number of ether oxygens (including phenoxy) is 1. The molecule has 7 nitrogen and oxygen atoms in total. The zero-order valence-electron chi connectivity index (χ0n) is 14.5. The van der Waals surface area contributed by atoms with Crippen LogP contribution in [0.5, 0.6) is 0 Å². The summed E-state index contributed by atoms with van der Waals surface area (Å²) in [6.07, 6.45) is 1.19. The number of sulfonamides is 1. The summed E-state index contributed by atoms with van der Waals surface area (Å²) in [4.78, 5) is 23.8. The second-order valence-corrected chi connectivity index (χ2v) is 7.98. The summed E-state index contributed by atoms with van der Waals surface area (Å²) in [5.74, 6) is -1.30. The van der Waals surface area contributed by atoms with Gasteiger partial charge in [0.05, 0.1) is 17.4 Å². The van der Waals surface area contributed by atoms with E-state index in [2.05, 4.69) is 5.32 Å². The Morgan fingerprint density at radius 3 is 2.60 bits per heavy atom. The number of nitrogens with zero attached hydrogens (tertiary/aromatic N) is 1. The van der Waals surface area contributed by atoms with Gasteiger partial charge in [-0.25, -0.2) is 8.42 Å². The number of hydrogen-bond acceptors (Lipinski definition) is 5. The van der Waals surface area contributed by atoms with Crippen molar-refractivity contribution in [1.29, 1.82) is 0 Å². The quantitative estimate of drug-likeness (QED) is 0.759. The highest BCUT2D eigenvalue weighted by molar-refractivity contribution is 7.89. The maximum absolute atomic E-state index is 12.7. The van der Waals surface area contributed by atoms with Crippen LogP contribution in [0.2, 0.25) is 0 Å². The van der Waals surface area contributed by atoms with Crippen LogP contribution in [0, 0.1) is 12.8 Å². The van der Waals surface area contributed by atoms with Crippen molar-refractivity contribution in [1.82, 2.24) is 9.62 Å². The Hall–Kier alpha value is -1.93. The van der Waals surface area contributed by atoms with Crippen LogP contribution in [0.25, 0.3) is 0 Å². The van der Waals surface area contributed by atoms with Gasteiger partial charge in [-0.2, -0.15) is 4.31 Å². The van der Waals surface area contributed by atoms with Crippen molar-refractivity contribution in [3.8, 4) is 0 Å². The Bertz CT molecular complexity index is 715. The molecule has 1 atom stereocenters. The van der Waals surface area contributed by atoms with Crippen LogP contribution in [0.3, 0.4) is 0 Å². The van der Waals surface area contributed by atoms with Gasteiger partial charge in [0.15, 0.2) is 0 Å². The molecule has 1 amide bonds. The molecule has 1 fully saturated rings. The minimum atomic E-state index is -3.62. The SMILES string of the molecule is CCOC(=O)CNC(=O)C1CCCN(S(=O)(=O)c2ccc(C)cc2)C1. The van der Waals surface area contributed by atoms with Crippen LogP contribution in [0.1, 0.15) is 25.3 Å². The van der Waals surface area contributed by atoms with E-state index in [-0.39, 0.29) is 30.5 Å². The lowest BCUT2D eigenvalue weighted by Gasteiger charge is -2.31. The number of esters is 1. The Morgan fingerprint density at radius 1 is 1.28 bits per heavy atom. The van der Waals surface area contributed by atoms with Crippen LogP contribution in [-0.2, 0) is 24.3 Å². The number of carbonyl (C=O) groups is 2. The first kappa shape index (κ1) is 19.4. The molecule has 0 aliphatic carbocycles. The molecule has 138 valence electrons. The monoisotopic (exact) mass is 368 g/mol. The van der Waals surface area contributed by atoms with Gasteiger partial charge < -0.3 is 10.1 Å². The highest BCUT2D eigenvalue weighted by Gasteiger charge is 2.33. The summed E-state index contributed by atoms with van der Waals surface area (Å²) in [7, 11) is -3.62. The Balaban J connectivity index is 2.01. The second-order valence-electron chi connectivity index (χ2n) is 6.04. The van der Waals surface area contributed by atoms with E-state index in [0.717, 1.165) is 5.56 Å². The number of hydrogen-bond donors (Lipinski definition) is 1. The summed E-state index contributed by atoms with van der Waals surface area (Å²) < 4.78 is 31.6. The van der Waals surface area contributed by atoms with E-state index in [0.29, 0.717) is 19.4 Å². The summed E-state index contributed by atoms with van der Waals surface area (Å²) in [5.41, 5.74) is 0.980. The van der Waals surface area contributed by atoms with Gasteiger partial charge in [-0.3, -0.25) is 9.59 Å². The first-order valence-electron chi connectivity index (χ1n) is 8.34. The highest BCUT2D eigenvalue weighted by Crippen LogP contribution is 2.24. The molecule has 0 spiro atoms. The molecule has 0 aromatic heterocycles. The highest BCUT2D eigenvalue weighted by atomic mass is 32.2. The zero-order chi connectivity index (χ0) is 18.4. The van der Waals surface area contributed by atoms with Crippen molar-refractivity contribution >= 4 is 21.9 Å². The molecule has 1 N–H and O–H groups in total. The van der Waals surface area contributed by atoms with Crippen LogP contribution >= 0.6 is 0 Å². The fourth-order valence-electron chi connectivity index (χ4n) is 2.75. The number of benzene rings is 1. The average Bonchev–Trinajstić information content (AvgIpc) is 2.60. The van der Waals surface area contributed by atoms with E-state index in [4.69, 9.17) is 4.74 Å². The summed E-state index contributed by atoms with van der Waals surface area (Å²) in [6.45, 7) is 4.13. The summed E-state index contributed by atoms with van der Waals surface area (Å²) in [5, 5.41) is 2.52. The predicted molar refractivity (Wildman–Crippen MR) is 92.3 cm³/mol. The number of rotatable bonds is 6. The molecule has 1 saturated heterocycles. The number of carbonyl (C=O) groups excluding carboxylic acids is 2. The molecule has 1 aromatic rings. The fraction of sp³-hybridized carbons (Fsp3) is 0.529. The van der Waals surface area contributed by atoms with E-state index in [1.807, 2.05) is 6.92 Å². The van der Waals surface area contributed by atoms with E-state index < -0.39 is 21.9 Å². The van der Waals surface area contributed by atoms with Gasteiger partial charge in [0, 0.05) is 13.1 Å². The minimum absolute atomic E-state index is 0.116. The van der Waals surface area contributed by atoms with Crippen LogP contribution < -0.4 is 5.32 Å². The second kappa shape index (κ2) is 8.44. The molecule has 1 unspecified atom stereocenters. The van der Waals surface area contributed by atoms with E-state index in [9.17, 15) is 18.0 Å². The number of nitrogens with one attached hydrogen (secondary N) is 1. The summed E-state index contributed by atoms with van der Waals surface area (Å²) >= 11 is 0. The molecular formula is C17H24N2O5S. The van der Waals surface area contributed by atoms with Crippen LogP contribution in [0.15, 0.2) is 29.2 Å². The third-order valence-electron chi connectivity index (χ3n) is 4.13. The number of amides is 1. The van der Waals surface area contributed by atoms with Crippen LogP contribution in [0.4, 0.5) is 0 Å². The molecule has 1 aromatic carbocycles. The van der Waals surface area contributed by atoms with Crippen molar-refractivity contribution in [2.75, 3.05) is 26.2 Å². The minimum Gasteiger partial charge on any atom is -0.465 e. The normalized spacial score (nSPS) is 18.6. The smallest absolute Gasteiger partial charge is 0.325 e. The largest absolute Gasteiger partial charge is 0.465 e. The van der Waals surface area contributed by atoms with Gasteiger partial charge in [0.25, 0.3) is 0 Å². The van der Waals surface area contributed by atoms with E-state index in [1.54, 1.807) is 31.2 Å². The first-order valence-corrected chi connectivity index (χ1v) is 9.78. The van der Waals surface area contributed by atoms with E-state index >= 15 is 0 Å². The maximum Gasteiger partial charge on any atom is 0.325 e. The Morgan fingerprint density at radius 2 is 1.96 bits per heavy atom. The van der Waals surface area contributed by atoms with Crippen molar-refractivity contribution in [3.63, 3.8) is 0 Å². The van der Waals surface area contributed by atoms with Gasteiger partial charge >= 0.3 is 5.97 Å².